The van der Waals surface area contributed by atoms with Crippen LogP contribution in [-0.4, -0.2) is 36.3 Å². The van der Waals surface area contributed by atoms with Crippen LogP contribution in [0.15, 0.2) is 23.1 Å². The number of hydrogen-bond donors (Lipinski definition) is 0. The fourth-order valence-electron chi connectivity index (χ4n) is 2.09. The predicted molar refractivity (Wildman–Crippen MR) is 82.5 cm³/mol. The van der Waals surface area contributed by atoms with Crippen molar-refractivity contribution in [3.63, 3.8) is 0 Å². The van der Waals surface area contributed by atoms with Crippen LogP contribution in [-0.2, 0) is 4.79 Å². The van der Waals surface area contributed by atoms with Crippen LogP contribution in [0.3, 0.4) is 0 Å². The van der Waals surface area contributed by atoms with Gasteiger partial charge in [0.1, 0.15) is 0 Å². The van der Waals surface area contributed by atoms with E-state index in [1.165, 1.54) is 12.0 Å². The van der Waals surface area contributed by atoms with Gasteiger partial charge in [0, 0.05) is 11.6 Å². The molecular weight excluding hydrogens is 290 g/mol. The van der Waals surface area contributed by atoms with E-state index in [0.29, 0.717) is 22.0 Å². The molecule has 0 radical (unpaired) electrons. The second kappa shape index (κ2) is 6.22. The zero-order valence-corrected chi connectivity index (χ0v) is 13.2. The SMILES string of the molecule is COc1cccc(/C=C2\SC(=O)N(C(C)C)C2=O)c1OC. The second-order valence-corrected chi connectivity index (χ2v) is 5.72. The molecule has 0 atom stereocenters. The third-order valence-electron chi connectivity index (χ3n) is 3.06. The van der Waals surface area contributed by atoms with Crippen molar-refractivity contribution in [1.82, 2.24) is 4.90 Å². The van der Waals surface area contributed by atoms with Crippen LogP contribution >= 0.6 is 11.8 Å². The Kier molecular flexibility index (Phi) is 4.57. The Morgan fingerprint density at radius 1 is 1.19 bits per heavy atom. The van der Waals surface area contributed by atoms with Crippen LogP contribution in [0.25, 0.3) is 6.08 Å². The first-order valence-corrected chi connectivity index (χ1v) is 7.29. The number of hydrogen-bond acceptors (Lipinski definition) is 5. The van der Waals surface area contributed by atoms with Crippen molar-refractivity contribution >= 4 is 29.0 Å². The van der Waals surface area contributed by atoms with E-state index in [1.807, 2.05) is 19.9 Å². The highest BCUT2D eigenvalue weighted by molar-refractivity contribution is 8.18. The number of imide groups is 1. The number of ether oxygens (including phenoxy) is 2. The molecule has 5 nitrogen and oxygen atoms in total. The second-order valence-electron chi connectivity index (χ2n) is 4.73. The summed E-state index contributed by atoms with van der Waals surface area (Å²) in [6, 6.07) is 5.23. The number of para-hydroxylation sites is 1. The van der Waals surface area contributed by atoms with Gasteiger partial charge in [-0.05, 0) is 37.8 Å². The average Bonchev–Trinajstić information content (AvgIpc) is 2.73. The molecule has 21 heavy (non-hydrogen) atoms. The quantitative estimate of drug-likeness (QED) is 0.800. The summed E-state index contributed by atoms with van der Waals surface area (Å²) in [5.41, 5.74) is 0.700. The zero-order chi connectivity index (χ0) is 15.6. The lowest BCUT2D eigenvalue weighted by Crippen LogP contribution is -2.34. The van der Waals surface area contributed by atoms with Gasteiger partial charge in [0.25, 0.3) is 11.1 Å². The molecule has 0 saturated carbocycles. The van der Waals surface area contributed by atoms with Crippen LogP contribution in [0.4, 0.5) is 4.79 Å². The Morgan fingerprint density at radius 2 is 1.90 bits per heavy atom. The highest BCUT2D eigenvalue weighted by atomic mass is 32.2. The molecule has 0 aliphatic carbocycles. The smallest absolute Gasteiger partial charge is 0.293 e. The first kappa shape index (κ1) is 15.4. The maximum absolute atomic E-state index is 12.3. The predicted octanol–water partition coefficient (Wildman–Crippen LogP) is 3.15. The summed E-state index contributed by atoms with van der Waals surface area (Å²) >= 11 is 0.940. The molecule has 6 heteroatoms. The number of rotatable bonds is 4. The summed E-state index contributed by atoms with van der Waals surface area (Å²) in [5.74, 6) is 0.843. The molecule has 0 spiro atoms. The molecule has 1 aliphatic heterocycles. The van der Waals surface area contributed by atoms with Crippen LogP contribution < -0.4 is 9.47 Å². The molecule has 0 aromatic heterocycles. The van der Waals surface area contributed by atoms with Gasteiger partial charge in [-0.2, -0.15) is 0 Å². The van der Waals surface area contributed by atoms with E-state index in [0.717, 1.165) is 11.8 Å². The zero-order valence-electron chi connectivity index (χ0n) is 12.4. The molecule has 112 valence electrons. The Balaban J connectivity index is 2.42. The van der Waals surface area contributed by atoms with Crippen molar-refractivity contribution < 1.29 is 19.1 Å². The van der Waals surface area contributed by atoms with Crippen molar-refractivity contribution in [2.75, 3.05) is 14.2 Å². The number of nitrogens with zero attached hydrogens (tertiary/aromatic N) is 1. The van der Waals surface area contributed by atoms with E-state index in [1.54, 1.807) is 25.3 Å². The van der Waals surface area contributed by atoms with E-state index in [4.69, 9.17) is 9.47 Å². The van der Waals surface area contributed by atoms with Gasteiger partial charge >= 0.3 is 0 Å². The largest absolute Gasteiger partial charge is 0.493 e. The van der Waals surface area contributed by atoms with Crippen molar-refractivity contribution in [3.05, 3.63) is 28.7 Å². The number of amides is 2. The van der Waals surface area contributed by atoms with Gasteiger partial charge < -0.3 is 9.47 Å². The van der Waals surface area contributed by atoms with E-state index in [-0.39, 0.29) is 17.2 Å². The molecule has 0 bridgehead atoms. The minimum atomic E-state index is -0.273. The van der Waals surface area contributed by atoms with Gasteiger partial charge in [0.2, 0.25) is 0 Å². The molecule has 1 aliphatic rings. The fourth-order valence-corrected chi connectivity index (χ4v) is 3.04. The summed E-state index contributed by atoms with van der Waals surface area (Å²) in [6.07, 6.45) is 1.66. The van der Waals surface area contributed by atoms with Gasteiger partial charge in [-0.1, -0.05) is 12.1 Å². The number of methoxy groups -OCH3 is 2. The van der Waals surface area contributed by atoms with Gasteiger partial charge in [0.15, 0.2) is 11.5 Å². The molecule has 1 fully saturated rings. The van der Waals surface area contributed by atoms with Crippen LogP contribution in [0, 0.1) is 0 Å². The summed E-state index contributed by atoms with van der Waals surface area (Å²) in [4.78, 5) is 25.8. The molecule has 1 aromatic carbocycles. The van der Waals surface area contributed by atoms with E-state index < -0.39 is 0 Å². The molecule has 2 amide bonds. The Bertz CT molecular complexity index is 610. The lowest BCUT2D eigenvalue weighted by molar-refractivity contribution is -0.123. The lowest BCUT2D eigenvalue weighted by Gasteiger charge is -2.16. The molecule has 1 saturated heterocycles. The number of benzene rings is 1. The first-order valence-electron chi connectivity index (χ1n) is 6.47. The Hall–Kier alpha value is -1.95. The molecule has 0 N–H and O–H groups in total. The monoisotopic (exact) mass is 307 g/mol. The summed E-state index contributed by atoms with van der Waals surface area (Å²) in [7, 11) is 3.09. The van der Waals surface area contributed by atoms with Gasteiger partial charge in [0.05, 0.1) is 19.1 Å². The molecule has 2 rings (SSSR count). The average molecular weight is 307 g/mol. The maximum atomic E-state index is 12.3. The van der Waals surface area contributed by atoms with E-state index in [9.17, 15) is 9.59 Å². The molecule has 1 aromatic rings. The van der Waals surface area contributed by atoms with Crippen LogP contribution in [0.1, 0.15) is 19.4 Å². The number of carbonyl (C=O) groups is 2. The highest BCUT2D eigenvalue weighted by Gasteiger charge is 2.36. The van der Waals surface area contributed by atoms with Crippen molar-refractivity contribution in [3.8, 4) is 11.5 Å². The van der Waals surface area contributed by atoms with E-state index >= 15 is 0 Å². The minimum Gasteiger partial charge on any atom is -0.493 e. The van der Waals surface area contributed by atoms with E-state index in [2.05, 4.69) is 0 Å². The summed E-state index contributed by atoms with van der Waals surface area (Å²) in [5, 5.41) is -0.247. The minimum absolute atomic E-state index is 0.157. The Morgan fingerprint density at radius 3 is 2.43 bits per heavy atom. The summed E-state index contributed by atoms with van der Waals surface area (Å²) < 4.78 is 10.6. The number of thioether (sulfide) groups is 1. The fraction of sp³-hybridized carbons (Fsp3) is 0.333. The Labute approximate surface area is 127 Å². The third-order valence-corrected chi connectivity index (χ3v) is 3.94. The molecule has 0 unspecified atom stereocenters. The normalized spacial score (nSPS) is 17.0. The standard InChI is InChI=1S/C15H17NO4S/c1-9(2)16-14(17)12(21-15(16)18)8-10-6-5-7-11(19-3)13(10)20-4/h5-9H,1-4H3/b12-8-. The third kappa shape index (κ3) is 2.90. The van der Waals surface area contributed by atoms with Crippen LogP contribution in [0.5, 0.6) is 11.5 Å². The number of carbonyl (C=O) groups excluding carboxylic acids is 2. The van der Waals surface area contributed by atoms with Crippen LogP contribution in [0.2, 0.25) is 0 Å². The summed E-state index contributed by atoms with van der Waals surface area (Å²) in [6.45, 7) is 3.62. The highest BCUT2D eigenvalue weighted by Crippen LogP contribution is 2.37. The molecule has 1 heterocycles. The molecular formula is C15H17NO4S. The maximum Gasteiger partial charge on any atom is 0.293 e. The van der Waals surface area contributed by atoms with Crippen molar-refractivity contribution in [2.24, 2.45) is 0 Å². The first-order chi connectivity index (χ1) is 9.99. The topological polar surface area (TPSA) is 55.8 Å². The van der Waals surface area contributed by atoms with Gasteiger partial charge in [-0.3, -0.25) is 14.5 Å². The lowest BCUT2D eigenvalue weighted by atomic mass is 10.1. The van der Waals surface area contributed by atoms with Gasteiger partial charge in [-0.15, -0.1) is 0 Å². The van der Waals surface area contributed by atoms with Gasteiger partial charge in [-0.25, -0.2) is 0 Å². The van der Waals surface area contributed by atoms with Crippen molar-refractivity contribution in [2.45, 2.75) is 19.9 Å². The van der Waals surface area contributed by atoms with Crippen molar-refractivity contribution in [1.29, 1.82) is 0 Å².